The minimum atomic E-state index is -0.127. The van der Waals surface area contributed by atoms with Crippen LogP contribution in [-0.4, -0.2) is 29.9 Å². The van der Waals surface area contributed by atoms with Crippen molar-refractivity contribution >= 4 is 5.91 Å². The molecule has 0 spiro atoms. The molecule has 94 valence electrons. The lowest BCUT2D eigenvalue weighted by Crippen LogP contribution is -2.48. The Labute approximate surface area is 99.4 Å². The van der Waals surface area contributed by atoms with Crippen molar-refractivity contribution < 1.29 is 4.79 Å². The highest BCUT2D eigenvalue weighted by molar-refractivity contribution is 5.82. The molecule has 1 fully saturated rings. The van der Waals surface area contributed by atoms with Crippen molar-refractivity contribution in [3.05, 3.63) is 0 Å². The summed E-state index contributed by atoms with van der Waals surface area (Å²) in [6, 6.07) is 0.259. The molecule has 0 heterocycles. The van der Waals surface area contributed by atoms with E-state index in [0.717, 1.165) is 12.8 Å². The van der Waals surface area contributed by atoms with Crippen LogP contribution >= 0.6 is 0 Å². The second-order valence-electron chi connectivity index (χ2n) is 5.50. The van der Waals surface area contributed by atoms with Gasteiger partial charge in [-0.1, -0.05) is 26.2 Å². The van der Waals surface area contributed by atoms with E-state index in [1.54, 1.807) is 0 Å². The Morgan fingerprint density at radius 1 is 1.31 bits per heavy atom. The third-order valence-corrected chi connectivity index (χ3v) is 3.73. The Morgan fingerprint density at radius 2 is 1.88 bits per heavy atom. The number of rotatable bonds is 4. The fraction of sp³-hybridized carbons (Fsp3) is 0.923. The van der Waals surface area contributed by atoms with Crippen LogP contribution in [-0.2, 0) is 4.79 Å². The summed E-state index contributed by atoms with van der Waals surface area (Å²) >= 11 is 0. The first kappa shape index (κ1) is 13.5. The molecule has 0 atom stereocenters. The second kappa shape index (κ2) is 5.67. The van der Waals surface area contributed by atoms with Crippen LogP contribution in [0.2, 0.25) is 0 Å². The summed E-state index contributed by atoms with van der Waals surface area (Å²) in [6.07, 6.45) is 5.74. The highest BCUT2D eigenvalue weighted by atomic mass is 16.2. The van der Waals surface area contributed by atoms with Crippen molar-refractivity contribution in [1.82, 2.24) is 4.90 Å². The third kappa shape index (κ3) is 2.97. The quantitative estimate of drug-likeness (QED) is 0.798. The first-order chi connectivity index (χ1) is 7.51. The molecule has 0 unspecified atom stereocenters. The molecule has 2 N–H and O–H groups in total. The van der Waals surface area contributed by atoms with Crippen molar-refractivity contribution in [3.63, 3.8) is 0 Å². The van der Waals surface area contributed by atoms with Crippen LogP contribution in [0.3, 0.4) is 0 Å². The van der Waals surface area contributed by atoms with Crippen molar-refractivity contribution in [2.24, 2.45) is 11.1 Å². The van der Waals surface area contributed by atoms with Crippen LogP contribution in [0.1, 0.15) is 52.9 Å². The molecule has 0 aromatic heterocycles. The van der Waals surface area contributed by atoms with E-state index in [-0.39, 0.29) is 11.5 Å². The van der Waals surface area contributed by atoms with Crippen molar-refractivity contribution in [2.45, 2.75) is 58.9 Å². The van der Waals surface area contributed by atoms with Crippen molar-refractivity contribution in [3.8, 4) is 0 Å². The summed E-state index contributed by atoms with van der Waals surface area (Å²) in [5.74, 6) is 0.313. The number of hydrogen-bond acceptors (Lipinski definition) is 2. The molecular weight excluding hydrogens is 200 g/mol. The molecule has 1 aliphatic carbocycles. The van der Waals surface area contributed by atoms with Gasteiger partial charge in [0.1, 0.15) is 0 Å². The Morgan fingerprint density at radius 3 is 2.31 bits per heavy atom. The first-order valence-corrected chi connectivity index (χ1v) is 6.52. The van der Waals surface area contributed by atoms with Gasteiger partial charge in [-0.15, -0.1) is 0 Å². The molecule has 0 aliphatic heterocycles. The second-order valence-corrected chi connectivity index (χ2v) is 5.50. The zero-order valence-electron chi connectivity index (χ0n) is 11.0. The van der Waals surface area contributed by atoms with Gasteiger partial charge in [0.25, 0.3) is 0 Å². The number of hydrogen-bond donors (Lipinski definition) is 1. The summed E-state index contributed by atoms with van der Waals surface area (Å²) in [7, 11) is 0. The van der Waals surface area contributed by atoms with E-state index < -0.39 is 0 Å². The molecule has 1 amide bonds. The lowest BCUT2D eigenvalue weighted by Gasteiger charge is -2.38. The molecule has 0 saturated heterocycles. The third-order valence-electron chi connectivity index (χ3n) is 3.73. The molecule has 0 radical (unpaired) electrons. The highest BCUT2D eigenvalue weighted by Gasteiger charge is 2.37. The van der Waals surface area contributed by atoms with E-state index in [2.05, 4.69) is 20.8 Å². The number of carbonyl (C=O) groups excluding carboxylic acids is 1. The average molecular weight is 226 g/mol. The van der Waals surface area contributed by atoms with Crippen LogP contribution in [0, 0.1) is 5.41 Å². The van der Waals surface area contributed by atoms with Crippen LogP contribution < -0.4 is 5.73 Å². The lowest BCUT2D eigenvalue weighted by atomic mass is 9.74. The van der Waals surface area contributed by atoms with Gasteiger partial charge in [0.15, 0.2) is 0 Å². The van der Waals surface area contributed by atoms with E-state index in [1.165, 1.54) is 19.3 Å². The van der Waals surface area contributed by atoms with Gasteiger partial charge in [-0.05, 0) is 26.7 Å². The zero-order chi connectivity index (χ0) is 12.2. The largest absolute Gasteiger partial charge is 0.339 e. The molecule has 1 saturated carbocycles. The van der Waals surface area contributed by atoms with E-state index in [1.807, 2.05) is 4.90 Å². The fourth-order valence-electron chi connectivity index (χ4n) is 2.63. The minimum Gasteiger partial charge on any atom is -0.339 e. The number of nitrogens with two attached hydrogens (primary N) is 1. The van der Waals surface area contributed by atoms with Crippen LogP contribution in [0.15, 0.2) is 0 Å². The van der Waals surface area contributed by atoms with Crippen LogP contribution in [0.4, 0.5) is 0 Å². The molecular formula is C13H26N2O. The summed E-state index contributed by atoms with van der Waals surface area (Å²) in [5, 5.41) is 0. The Bertz CT molecular complexity index is 232. The molecule has 0 bridgehead atoms. The predicted molar refractivity (Wildman–Crippen MR) is 67.1 cm³/mol. The standard InChI is InChI=1S/C13H26N2O/c1-11(2)15(10-9-14)12(16)13(3)7-5-4-6-8-13/h11H,4-10,14H2,1-3H3. The predicted octanol–water partition coefficient (Wildman–Crippen LogP) is 2.15. The number of amides is 1. The van der Waals surface area contributed by atoms with E-state index in [4.69, 9.17) is 5.73 Å². The van der Waals surface area contributed by atoms with Crippen LogP contribution in [0.5, 0.6) is 0 Å². The number of nitrogens with zero attached hydrogens (tertiary/aromatic N) is 1. The summed E-state index contributed by atoms with van der Waals surface area (Å²) < 4.78 is 0. The van der Waals surface area contributed by atoms with Crippen molar-refractivity contribution in [1.29, 1.82) is 0 Å². The van der Waals surface area contributed by atoms with Gasteiger partial charge in [-0.3, -0.25) is 4.79 Å². The molecule has 1 rings (SSSR count). The molecule has 16 heavy (non-hydrogen) atoms. The average Bonchev–Trinajstić information content (AvgIpc) is 2.25. The van der Waals surface area contributed by atoms with Gasteiger partial charge in [-0.25, -0.2) is 0 Å². The maximum absolute atomic E-state index is 12.5. The molecule has 1 aliphatic rings. The minimum absolute atomic E-state index is 0.127. The summed E-state index contributed by atoms with van der Waals surface area (Å²) in [5.41, 5.74) is 5.46. The summed E-state index contributed by atoms with van der Waals surface area (Å²) in [6.45, 7) is 7.51. The van der Waals surface area contributed by atoms with Crippen molar-refractivity contribution in [2.75, 3.05) is 13.1 Å². The zero-order valence-corrected chi connectivity index (χ0v) is 11.0. The normalized spacial score (nSPS) is 19.8. The molecule has 3 heteroatoms. The SMILES string of the molecule is CC(C)N(CCN)C(=O)C1(C)CCCCC1. The molecule has 3 nitrogen and oxygen atoms in total. The van der Waals surface area contributed by atoms with Gasteiger partial charge < -0.3 is 10.6 Å². The highest BCUT2D eigenvalue weighted by Crippen LogP contribution is 2.37. The fourth-order valence-corrected chi connectivity index (χ4v) is 2.63. The van der Waals surface area contributed by atoms with Gasteiger partial charge in [0.05, 0.1) is 0 Å². The Hall–Kier alpha value is -0.570. The van der Waals surface area contributed by atoms with Gasteiger partial charge in [-0.2, -0.15) is 0 Å². The van der Waals surface area contributed by atoms with E-state index in [0.29, 0.717) is 19.0 Å². The maximum atomic E-state index is 12.5. The number of carbonyl (C=O) groups is 1. The monoisotopic (exact) mass is 226 g/mol. The smallest absolute Gasteiger partial charge is 0.228 e. The van der Waals surface area contributed by atoms with Crippen LogP contribution in [0.25, 0.3) is 0 Å². The first-order valence-electron chi connectivity index (χ1n) is 6.52. The van der Waals surface area contributed by atoms with Gasteiger partial charge in [0, 0.05) is 24.5 Å². The molecule has 0 aromatic carbocycles. The van der Waals surface area contributed by atoms with Gasteiger partial charge >= 0.3 is 0 Å². The Balaban J connectivity index is 2.72. The Kier molecular flexibility index (Phi) is 4.78. The maximum Gasteiger partial charge on any atom is 0.228 e. The lowest BCUT2D eigenvalue weighted by molar-refractivity contribution is -0.144. The van der Waals surface area contributed by atoms with Gasteiger partial charge in [0.2, 0.25) is 5.91 Å². The van der Waals surface area contributed by atoms with E-state index >= 15 is 0 Å². The summed E-state index contributed by atoms with van der Waals surface area (Å²) in [4.78, 5) is 14.5. The molecule has 0 aromatic rings. The van der Waals surface area contributed by atoms with E-state index in [9.17, 15) is 4.79 Å². The topological polar surface area (TPSA) is 46.3 Å².